The first-order chi connectivity index (χ1) is 8.63. The minimum absolute atomic E-state index is 0.0509. The van der Waals surface area contributed by atoms with Crippen LogP contribution in [0.4, 0.5) is 0 Å². The molecule has 3 heteroatoms. The highest BCUT2D eigenvalue weighted by Gasteiger charge is 2.22. The number of carbonyl (C=O) groups excluding carboxylic acids is 1. The van der Waals surface area contributed by atoms with Crippen molar-refractivity contribution in [3.63, 3.8) is 0 Å². The average molecular weight is 255 g/mol. The molecule has 1 rings (SSSR count). The predicted octanol–water partition coefficient (Wildman–Crippen LogP) is 3.23. The fourth-order valence-electron chi connectivity index (χ4n) is 2.64. The lowest BCUT2D eigenvalue weighted by Crippen LogP contribution is -2.36. The van der Waals surface area contributed by atoms with E-state index >= 15 is 0 Å². The van der Waals surface area contributed by atoms with Gasteiger partial charge in [0.15, 0.2) is 0 Å². The standard InChI is InChI=1S/C15H29NO2/c1-4-18-15(17)10-12-16(11-9-13(2)3)14-7-5-6-8-14/h13-14H,4-12H2,1-3H3. The number of carbonyl (C=O) groups is 1. The first-order valence-corrected chi connectivity index (χ1v) is 7.53. The number of esters is 1. The van der Waals surface area contributed by atoms with Gasteiger partial charge in [0, 0.05) is 12.6 Å². The molecule has 0 N–H and O–H groups in total. The lowest BCUT2D eigenvalue weighted by Gasteiger charge is -2.29. The Morgan fingerprint density at radius 3 is 2.50 bits per heavy atom. The van der Waals surface area contributed by atoms with Gasteiger partial charge in [0.2, 0.25) is 0 Å². The van der Waals surface area contributed by atoms with Gasteiger partial charge in [0.25, 0.3) is 0 Å². The van der Waals surface area contributed by atoms with Crippen LogP contribution in [0.1, 0.15) is 59.3 Å². The summed E-state index contributed by atoms with van der Waals surface area (Å²) in [6.07, 6.45) is 7.08. The monoisotopic (exact) mass is 255 g/mol. The molecule has 3 nitrogen and oxygen atoms in total. The van der Waals surface area contributed by atoms with Crippen LogP contribution in [0.15, 0.2) is 0 Å². The molecule has 106 valence electrons. The van der Waals surface area contributed by atoms with E-state index in [1.165, 1.54) is 32.1 Å². The third-order valence-corrected chi connectivity index (χ3v) is 3.74. The fourth-order valence-corrected chi connectivity index (χ4v) is 2.64. The summed E-state index contributed by atoms with van der Waals surface area (Å²) in [6.45, 7) is 8.88. The van der Waals surface area contributed by atoms with Gasteiger partial charge in [-0.15, -0.1) is 0 Å². The number of nitrogens with zero attached hydrogens (tertiary/aromatic N) is 1. The largest absolute Gasteiger partial charge is 0.466 e. The maximum Gasteiger partial charge on any atom is 0.307 e. The second kappa shape index (κ2) is 8.52. The van der Waals surface area contributed by atoms with E-state index in [1.807, 2.05) is 6.92 Å². The zero-order valence-electron chi connectivity index (χ0n) is 12.3. The van der Waals surface area contributed by atoms with Crippen molar-refractivity contribution in [2.45, 2.75) is 65.3 Å². The van der Waals surface area contributed by atoms with Crippen molar-refractivity contribution >= 4 is 5.97 Å². The molecule has 0 bridgehead atoms. The minimum atomic E-state index is -0.0509. The van der Waals surface area contributed by atoms with Crippen molar-refractivity contribution in [1.82, 2.24) is 4.90 Å². The topological polar surface area (TPSA) is 29.5 Å². The molecule has 0 aromatic carbocycles. The molecule has 0 spiro atoms. The molecule has 0 saturated heterocycles. The maximum absolute atomic E-state index is 11.5. The molecule has 0 amide bonds. The highest BCUT2D eigenvalue weighted by molar-refractivity contribution is 5.69. The summed E-state index contributed by atoms with van der Waals surface area (Å²) < 4.78 is 5.01. The summed E-state index contributed by atoms with van der Waals surface area (Å²) in [4.78, 5) is 14.0. The Balaban J connectivity index is 2.36. The molecule has 0 aromatic rings. The SMILES string of the molecule is CCOC(=O)CCN(CCC(C)C)C1CCCC1. The van der Waals surface area contributed by atoms with E-state index in [1.54, 1.807) is 0 Å². The van der Waals surface area contributed by atoms with Crippen LogP contribution in [-0.4, -0.2) is 36.6 Å². The number of rotatable bonds is 8. The van der Waals surface area contributed by atoms with Crippen molar-refractivity contribution in [3.8, 4) is 0 Å². The third kappa shape index (κ3) is 5.85. The third-order valence-electron chi connectivity index (χ3n) is 3.74. The van der Waals surface area contributed by atoms with Crippen molar-refractivity contribution in [3.05, 3.63) is 0 Å². The van der Waals surface area contributed by atoms with E-state index in [2.05, 4.69) is 18.7 Å². The Labute approximate surface area is 112 Å². The van der Waals surface area contributed by atoms with Crippen molar-refractivity contribution in [1.29, 1.82) is 0 Å². The lowest BCUT2D eigenvalue weighted by molar-refractivity contribution is -0.143. The van der Waals surface area contributed by atoms with Crippen molar-refractivity contribution < 1.29 is 9.53 Å². The van der Waals surface area contributed by atoms with Gasteiger partial charge in [-0.25, -0.2) is 0 Å². The van der Waals surface area contributed by atoms with Gasteiger partial charge in [-0.1, -0.05) is 26.7 Å². The van der Waals surface area contributed by atoms with Crippen LogP contribution in [0, 0.1) is 5.92 Å². The summed E-state index contributed by atoms with van der Waals surface area (Å²) in [6, 6.07) is 0.707. The molecule has 0 unspecified atom stereocenters. The summed E-state index contributed by atoms with van der Waals surface area (Å²) in [5.41, 5.74) is 0. The molecule has 1 saturated carbocycles. The van der Waals surface area contributed by atoms with Crippen LogP contribution >= 0.6 is 0 Å². The molecule has 1 aliphatic carbocycles. The molecule has 0 radical (unpaired) electrons. The molecular formula is C15H29NO2. The molecule has 0 aromatic heterocycles. The van der Waals surface area contributed by atoms with E-state index in [0.717, 1.165) is 19.0 Å². The lowest BCUT2D eigenvalue weighted by atomic mass is 10.1. The predicted molar refractivity (Wildman–Crippen MR) is 74.5 cm³/mol. The van der Waals surface area contributed by atoms with Crippen LogP contribution < -0.4 is 0 Å². The smallest absolute Gasteiger partial charge is 0.307 e. The number of ether oxygens (including phenoxy) is 1. The Hall–Kier alpha value is -0.570. The van der Waals surface area contributed by atoms with Crippen LogP contribution in [0.2, 0.25) is 0 Å². The van der Waals surface area contributed by atoms with E-state index in [-0.39, 0.29) is 5.97 Å². The second-order valence-corrected chi connectivity index (χ2v) is 5.71. The summed E-state index contributed by atoms with van der Waals surface area (Å²) in [5, 5.41) is 0. The van der Waals surface area contributed by atoms with Gasteiger partial charge < -0.3 is 4.74 Å². The van der Waals surface area contributed by atoms with Gasteiger partial charge >= 0.3 is 5.97 Å². The average Bonchev–Trinajstić information content (AvgIpc) is 2.82. The van der Waals surface area contributed by atoms with E-state index in [4.69, 9.17) is 4.74 Å². The van der Waals surface area contributed by atoms with Gasteiger partial charge in [-0.05, 0) is 38.6 Å². The van der Waals surface area contributed by atoms with Gasteiger partial charge in [0.05, 0.1) is 13.0 Å². The highest BCUT2D eigenvalue weighted by Crippen LogP contribution is 2.24. The molecule has 0 aliphatic heterocycles. The van der Waals surface area contributed by atoms with Gasteiger partial charge in [0.1, 0.15) is 0 Å². The summed E-state index contributed by atoms with van der Waals surface area (Å²) in [7, 11) is 0. The first kappa shape index (κ1) is 15.5. The van der Waals surface area contributed by atoms with Crippen LogP contribution in [-0.2, 0) is 9.53 Å². The van der Waals surface area contributed by atoms with Crippen LogP contribution in [0.25, 0.3) is 0 Å². The number of hydrogen-bond donors (Lipinski definition) is 0. The second-order valence-electron chi connectivity index (χ2n) is 5.71. The quantitative estimate of drug-likeness (QED) is 0.624. The molecule has 0 atom stereocenters. The summed E-state index contributed by atoms with van der Waals surface area (Å²) in [5.74, 6) is 0.682. The van der Waals surface area contributed by atoms with E-state index < -0.39 is 0 Å². The maximum atomic E-state index is 11.5. The Morgan fingerprint density at radius 2 is 1.94 bits per heavy atom. The Bertz CT molecular complexity index is 235. The Morgan fingerprint density at radius 1 is 1.28 bits per heavy atom. The molecule has 1 fully saturated rings. The highest BCUT2D eigenvalue weighted by atomic mass is 16.5. The zero-order valence-corrected chi connectivity index (χ0v) is 12.3. The molecule has 18 heavy (non-hydrogen) atoms. The normalized spacial score (nSPS) is 16.7. The molecule has 1 aliphatic rings. The zero-order chi connectivity index (χ0) is 13.4. The van der Waals surface area contributed by atoms with Crippen molar-refractivity contribution in [2.75, 3.05) is 19.7 Å². The van der Waals surface area contributed by atoms with E-state index in [0.29, 0.717) is 19.1 Å². The summed E-state index contributed by atoms with van der Waals surface area (Å²) >= 11 is 0. The Kier molecular flexibility index (Phi) is 7.33. The number of hydrogen-bond acceptors (Lipinski definition) is 3. The fraction of sp³-hybridized carbons (Fsp3) is 0.933. The van der Waals surface area contributed by atoms with Gasteiger partial charge in [-0.3, -0.25) is 9.69 Å². The van der Waals surface area contributed by atoms with E-state index in [9.17, 15) is 4.79 Å². The minimum Gasteiger partial charge on any atom is -0.466 e. The van der Waals surface area contributed by atoms with Gasteiger partial charge in [-0.2, -0.15) is 0 Å². The van der Waals surface area contributed by atoms with Crippen LogP contribution in [0.3, 0.4) is 0 Å². The van der Waals surface area contributed by atoms with Crippen molar-refractivity contribution in [2.24, 2.45) is 5.92 Å². The van der Waals surface area contributed by atoms with Crippen LogP contribution in [0.5, 0.6) is 0 Å². The first-order valence-electron chi connectivity index (χ1n) is 7.53. The molecular weight excluding hydrogens is 226 g/mol. The molecule has 0 heterocycles.